The molecule has 1 atom stereocenters. The Balaban J connectivity index is 0.000000921. The van der Waals surface area contributed by atoms with Crippen molar-refractivity contribution in [2.45, 2.75) is 33.8 Å². The fraction of sp³-hybridized carbons (Fsp3) is 0.273. The number of aliphatic carboxylic acids is 1. The highest BCUT2D eigenvalue weighted by molar-refractivity contribution is 7.79. The van der Waals surface area contributed by atoms with Crippen LogP contribution in [0.15, 0.2) is 48.7 Å². The first-order valence-corrected chi connectivity index (χ1v) is 10.2. The van der Waals surface area contributed by atoms with E-state index in [1.54, 1.807) is 24.6 Å². The Bertz CT molecular complexity index is 931. The van der Waals surface area contributed by atoms with E-state index < -0.39 is 12.1 Å². The molecule has 0 aliphatic heterocycles. The van der Waals surface area contributed by atoms with Crippen LogP contribution in [0.4, 0.5) is 0 Å². The molecular formula is C22H26ClNO3S. The Morgan fingerprint density at radius 1 is 1.11 bits per heavy atom. The highest BCUT2D eigenvalue weighted by Gasteiger charge is 2.15. The number of nitrogens with zero attached hydrogens (tertiary/aromatic N) is 1. The largest absolute Gasteiger partial charge is 0.479 e. The highest BCUT2D eigenvalue weighted by Crippen LogP contribution is 2.35. The van der Waals surface area contributed by atoms with Gasteiger partial charge in [-0.1, -0.05) is 49.7 Å². The molecule has 1 heterocycles. The van der Waals surface area contributed by atoms with Crippen molar-refractivity contribution in [2.24, 2.45) is 0 Å². The molecule has 0 aliphatic rings. The number of fused-ring (bicyclic) bond motifs is 1. The summed E-state index contributed by atoms with van der Waals surface area (Å²) >= 11 is 9.77. The van der Waals surface area contributed by atoms with Gasteiger partial charge in [-0.2, -0.15) is 12.6 Å². The maximum absolute atomic E-state index is 10.9. The van der Waals surface area contributed by atoms with Crippen LogP contribution in [0.2, 0.25) is 5.15 Å². The number of thiol groups is 1. The summed E-state index contributed by atoms with van der Waals surface area (Å²) in [6.45, 7) is 7.53. The zero-order valence-corrected chi connectivity index (χ0v) is 18.4. The van der Waals surface area contributed by atoms with Crippen LogP contribution in [-0.2, 0) is 4.79 Å². The Morgan fingerprint density at radius 2 is 1.75 bits per heavy atom. The van der Waals surface area contributed by atoms with Gasteiger partial charge in [0.1, 0.15) is 10.9 Å². The third-order valence-corrected chi connectivity index (χ3v) is 4.21. The smallest absolute Gasteiger partial charge is 0.344 e. The minimum absolute atomic E-state index is 0.357. The van der Waals surface area contributed by atoms with Gasteiger partial charge in [-0.25, -0.2) is 9.78 Å². The first kappa shape index (κ1) is 23.8. The van der Waals surface area contributed by atoms with Crippen molar-refractivity contribution in [2.75, 3.05) is 6.26 Å². The molecule has 1 N–H and O–H groups in total. The zero-order chi connectivity index (χ0) is 21.3. The van der Waals surface area contributed by atoms with Crippen LogP contribution in [0.25, 0.3) is 21.9 Å². The number of halogens is 1. The molecule has 6 heteroatoms. The van der Waals surface area contributed by atoms with E-state index in [9.17, 15) is 4.79 Å². The minimum Gasteiger partial charge on any atom is -0.479 e. The third-order valence-electron chi connectivity index (χ3n) is 3.91. The molecule has 0 aliphatic carbocycles. The summed E-state index contributed by atoms with van der Waals surface area (Å²) < 4.78 is 5.42. The Hall–Kier alpha value is -2.24. The van der Waals surface area contributed by atoms with Crippen molar-refractivity contribution >= 4 is 41.0 Å². The maximum Gasteiger partial charge on any atom is 0.344 e. The predicted octanol–water partition coefficient (Wildman–Crippen LogP) is 6.29. The second-order valence-corrected chi connectivity index (χ2v) is 5.94. The number of aryl methyl sites for hydroxylation is 1. The first-order chi connectivity index (χ1) is 13.5. The summed E-state index contributed by atoms with van der Waals surface area (Å²) in [5.74, 6) is -0.573. The van der Waals surface area contributed by atoms with Gasteiger partial charge in [0, 0.05) is 17.1 Å². The molecular weight excluding hydrogens is 394 g/mol. The summed E-state index contributed by atoms with van der Waals surface area (Å²) in [5.41, 5.74) is 3.20. The van der Waals surface area contributed by atoms with Gasteiger partial charge in [-0.05, 0) is 54.8 Å². The van der Waals surface area contributed by atoms with Gasteiger partial charge >= 0.3 is 5.97 Å². The van der Waals surface area contributed by atoms with E-state index in [4.69, 9.17) is 21.4 Å². The number of carbonyl (C=O) groups is 1. The van der Waals surface area contributed by atoms with Gasteiger partial charge < -0.3 is 9.84 Å². The van der Waals surface area contributed by atoms with Gasteiger partial charge in [-0.15, -0.1) is 0 Å². The normalized spacial score (nSPS) is 10.8. The van der Waals surface area contributed by atoms with Crippen molar-refractivity contribution in [3.8, 4) is 16.9 Å². The van der Waals surface area contributed by atoms with E-state index in [-0.39, 0.29) is 0 Å². The van der Waals surface area contributed by atoms with Crippen LogP contribution in [0, 0.1) is 6.92 Å². The number of rotatable bonds is 4. The SMILES string of the molecule is CC.CS.Cc1ccccc1-c1cnc(Cl)c2cc(OC(C)C(=O)O)ccc12. The average Bonchev–Trinajstić information content (AvgIpc) is 2.72. The van der Waals surface area contributed by atoms with Crippen LogP contribution in [0.1, 0.15) is 26.3 Å². The highest BCUT2D eigenvalue weighted by atomic mass is 35.5. The Kier molecular flexibility index (Phi) is 9.83. The number of hydrogen-bond acceptors (Lipinski definition) is 4. The standard InChI is InChI=1S/C19H16ClNO3.C2H6.CH4S/c1-11-5-3-4-6-14(11)17-10-21-18(20)16-9-13(7-8-15(16)17)24-12(2)19(22)23;2*1-2/h3-10,12H,1-2H3,(H,22,23);1-2H3;2H,1H3. The van der Waals surface area contributed by atoms with Crippen molar-refractivity contribution < 1.29 is 14.6 Å². The van der Waals surface area contributed by atoms with E-state index in [1.165, 1.54) is 6.92 Å². The Morgan fingerprint density at radius 3 is 2.36 bits per heavy atom. The number of aromatic nitrogens is 1. The van der Waals surface area contributed by atoms with E-state index in [2.05, 4.69) is 17.6 Å². The molecule has 2 aromatic carbocycles. The van der Waals surface area contributed by atoms with Gasteiger partial charge in [0.05, 0.1) is 0 Å². The number of pyridine rings is 1. The lowest BCUT2D eigenvalue weighted by molar-refractivity contribution is -0.144. The molecule has 28 heavy (non-hydrogen) atoms. The van der Waals surface area contributed by atoms with Gasteiger partial charge in [0.15, 0.2) is 6.10 Å². The maximum atomic E-state index is 10.9. The number of carboxylic acids is 1. The van der Waals surface area contributed by atoms with Gasteiger partial charge in [0.25, 0.3) is 0 Å². The average molecular weight is 420 g/mol. The quantitative estimate of drug-likeness (QED) is 0.385. The summed E-state index contributed by atoms with van der Waals surface area (Å²) in [6, 6.07) is 13.4. The first-order valence-electron chi connectivity index (χ1n) is 8.96. The lowest BCUT2D eigenvalue weighted by Gasteiger charge is -2.14. The molecule has 0 fully saturated rings. The van der Waals surface area contributed by atoms with Gasteiger partial charge in [0.2, 0.25) is 0 Å². The van der Waals surface area contributed by atoms with E-state index >= 15 is 0 Å². The second kappa shape index (κ2) is 11.6. The Labute approximate surface area is 176 Å². The molecule has 1 aromatic heterocycles. The summed E-state index contributed by atoms with van der Waals surface area (Å²) in [7, 11) is 0. The molecule has 3 rings (SSSR count). The lowest BCUT2D eigenvalue weighted by Crippen LogP contribution is -2.22. The fourth-order valence-electron chi connectivity index (χ4n) is 2.61. The molecule has 0 radical (unpaired) electrons. The molecule has 0 bridgehead atoms. The van der Waals surface area contributed by atoms with E-state index in [0.717, 1.165) is 27.5 Å². The molecule has 0 saturated heterocycles. The topological polar surface area (TPSA) is 59.4 Å². The lowest BCUT2D eigenvalue weighted by atomic mass is 9.97. The molecule has 0 spiro atoms. The van der Waals surface area contributed by atoms with Gasteiger partial charge in [-0.3, -0.25) is 0 Å². The van der Waals surface area contributed by atoms with Crippen LogP contribution in [0.3, 0.4) is 0 Å². The molecule has 0 saturated carbocycles. The van der Waals surface area contributed by atoms with Crippen LogP contribution in [-0.4, -0.2) is 28.4 Å². The molecule has 4 nitrogen and oxygen atoms in total. The summed E-state index contributed by atoms with van der Waals surface area (Å²) in [4.78, 5) is 15.2. The number of hydrogen-bond donors (Lipinski definition) is 2. The van der Waals surface area contributed by atoms with Crippen molar-refractivity contribution in [1.29, 1.82) is 0 Å². The molecule has 3 aromatic rings. The monoisotopic (exact) mass is 419 g/mol. The zero-order valence-electron chi connectivity index (χ0n) is 16.7. The molecule has 1 unspecified atom stereocenters. The number of carboxylic acid groups (broad SMARTS) is 1. The number of benzene rings is 2. The fourth-order valence-corrected chi connectivity index (χ4v) is 2.81. The van der Waals surface area contributed by atoms with Crippen molar-refractivity contribution in [3.05, 3.63) is 59.4 Å². The van der Waals surface area contributed by atoms with E-state index in [0.29, 0.717) is 10.9 Å². The van der Waals surface area contributed by atoms with Crippen LogP contribution in [0.5, 0.6) is 5.75 Å². The van der Waals surface area contributed by atoms with Crippen molar-refractivity contribution in [1.82, 2.24) is 4.98 Å². The summed E-state index contributed by atoms with van der Waals surface area (Å²) in [6.07, 6.45) is 2.52. The van der Waals surface area contributed by atoms with E-state index in [1.807, 2.05) is 51.1 Å². The van der Waals surface area contributed by atoms with Crippen molar-refractivity contribution in [3.63, 3.8) is 0 Å². The van der Waals surface area contributed by atoms with Crippen LogP contribution >= 0.6 is 24.2 Å². The molecule has 0 amide bonds. The third kappa shape index (κ3) is 5.63. The predicted molar refractivity (Wildman–Crippen MR) is 121 cm³/mol. The molecule has 150 valence electrons. The number of ether oxygens (including phenoxy) is 1. The second-order valence-electron chi connectivity index (χ2n) is 5.58. The van der Waals surface area contributed by atoms with Crippen LogP contribution < -0.4 is 4.74 Å². The summed E-state index contributed by atoms with van der Waals surface area (Å²) in [5, 5.41) is 11.0. The minimum atomic E-state index is -1.02.